The lowest BCUT2D eigenvalue weighted by molar-refractivity contribution is 0.0198. The predicted molar refractivity (Wildman–Crippen MR) is 97.3 cm³/mol. The maximum atomic E-state index is 11.9. The number of hydrogen-bond acceptors (Lipinski definition) is 3. The molecule has 126 valence electrons. The van der Waals surface area contributed by atoms with Crippen LogP contribution in [0.4, 0.5) is 0 Å². The van der Waals surface area contributed by atoms with Gasteiger partial charge in [0.1, 0.15) is 0 Å². The first-order valence-corrected chi connectivity index (χ1v) is 8.74. The zero-order valence-corrected chi connectivity index (χ0v) is 14.5. The standard InChI is InChI=1S/C21H25NO2/c1-3-21(23)20-6-4-5-19(15-20)18-9-7-17(8-10-18)16(2)22-11-13-24-14-12-22/h4-10,15-16H,3,11-14H2,1-2H3/t16-/m0/s1. The lowest BCUT2D eigenvalue weighted by Crippen LogP contribution is -2.37. The summed E-state index contributed by atoms with van der Waals surface area (Å²) >= 11 is 0. The Balaban J connectivity index is 1.78. The molecule has 0 amide bonds. The van der Waals surface area contributed by atoms with E-state index in [0.717, 1.165) is 43.0 Å². The van der Waals surface area contributed by atoms with E-state index in [9.17, 15) is 4.79 Å². The minimum Gasteiger partial charge on any atom is -0.379 e. The van der Waals surface area contributed by atoms with Crippen LogP contribution in [0.15, 0.2) is 48.5 Å². The summed E-state index contributed by atoms with van der Waals surface area (Å²) in [5.74, 6) is 0.189. The monoisotopic (exact) mass is 323 g/mol. The lowest BCUT2D eigenvalue weighted by atomic mass is 9.98. The van der Waals surface area contributed by atoms with Crippen molar-refractivity contribution in [3.63, 3.8) is 0 Å². The molecule has 0 bridgehead atoms. The van der Waals surface area contributed by atoms with Crippen LogP contribution in [0.25, 0.3) is 11.1 Å². The lowest BCUT2D eigenvalue weighted by Gasteiger charge is -2.32. The molecule has 1 heterocycles. The van der Waals surface area contributed by atoms with E-state index in [4.69, 9.17) is 4.74 Å². The van der Waals surface area contributed by atoms with Crippen molar-refractivity contribution in [1.29, 1.82) is 0 Å². The first-order chi connectivity index (χ1) is 11.7. The Morgan fingerprint density at radius 3 is 2.46 bits per heavy atom. The Morgan fingerprint density at radius 1 is 1.08 bits per heavy atom. The topological polar surface area (TPSA) is 29.5 Å². The Kier molecular flexibility index (Phi) is 5.44. The summed E-state index contributed by atoms with van der Waals surface area (Å²) in [4.78, 5) is 14.4. The number of Topliss-reactive ketones (excluding diaryl/α,β-unsaturated/α-hetero) is 1. The van der Waals surface area contributed by atoms with Gasteiger partial charge in [-0.25, -0.2) is 0 Å². The van der Waals surface area contributed by atoms with Gasteiger partial charge < -0.3 is 4.74 Å². The molecule has 0 unspecified atom stereocenters. The molecule has 1 saturated heterocycles. The number of carbonyl (C=O) groups excluding carboxylic acids is 1. The average Bonchev–Trinajstić information content (AvgIpc) is 2.67. The normalized spacial score (nSPS) is 16.8. The highest BCUT2D eigenvalue weighted by Crippen LogP contribution is 2.26. The highest BCUT2D eigenvalue weighted by atomic mass is 16.5. The van der Waals surface area contributed by atoms with Gasteiger partial charge in [-0.2, -0.15) is 0 Å². The van der Waals surface area contributed by atoms with Crippen molar-refractivity contribution in [3.05, 3.63) is 59.7 Å². The smallest absolute Gasteiger partial charge is 0.162 e. The molecule has 3 nitrogen and oxygen atoms in total. The Bertz CT molecular complexity index is 687. The molecule has 0 aliphatic carbocycles. The minimum absolute atomic E-state index is 0.189. The summed E-state index contributed by atoms with van der Waals surface area (Å²) < 4.78 is 5.43. The molecule has 0 saturated carbocycles. The number of nitrogens with zero attached hydrogens (tertiary/aromatic N) is 1. The average molecular weight is 323 g/mol. The van der Waals surface area contributed by atoms with Gasteiger partial charge in [-0.3, -0.25) is 9.69 Å². The van der Waals surface area contributed by atoms with E-state index in [1.54, 1.807) is 0 Å². The van der Waals surface area contributed by atoms with Crippen LogP contribution in [-0.4, -0.2) is 37.0 Å². The zero-order chi connectivity index (χ0) is 16.9. The van der Waals surface area contributed by atoms with E-state index >= 15 is 0 Å². The quantitative estimate of drug-likeness (QED) is 0.767. The molecule has 1 aliphatic rings. The van der Waals surface area contributed by atoms with Crippen LogP contribution in [-0.2, 0) is 4.74 Å². The van der Waals surface area contributed by atoms with E-state index in [2.05, 4.69) is 42.2 Å². The van der Waals surface area contributed by atoms with Crippen LogP contribution in [0.1, 0.15) is 42.2 Å². The molecule has 1 fully saturated rings. The summed E-state index contributed by atoms with van der Waals surface area (Å²) in [6, 6.07) is 17.0. The highest BCUT2D eigenvalue weighted by Gasteiger charge is 2.18. The second kappa shape index (κ2) is 7.73. The van der Waals surface area contributed by atoms with Crippen LogP contribution in [0.3, 0.4) is 0 Å². The second-order valence-corrected chi connectivity index (χ2v) is 6.30. The van der Waals surface area contributed by atoms with Gasteiger partial charge in [0.15, 0.2) is 5.78 Å². The Labute approximate surface area is 144 Å². The molecule has 0 aromatic heterocycles. The van der Waals surface area contributed by atoms with E-state index in [1.165, 1.54) is 5.56 Å². The molecular weight excluding hydrogens is 298 g/mol. The molecular formula is C21H25NO2. The van der Waals surface area contributed by atoms with E-state index in [-0.39, 0.29) is 5.78 Å². The Hall–Kier alpha value is -1.97. The first-order valence-electron chi connectivity index (χ1n) is 8.74. The van der Waals surface area contributed by atoms with Crippen molar-refractivity contribution < 1.29 is 9.53 Å². The number of benzene rings is 2. The molecule has 24 heavy (non-hydrogen) atoms. The largest absolute Gasteiger partial charge is 0.379 e. The third kappa shape index (κ3) is 3.74. The molecule has 2 aromatic carbocycles. The summed E-state index contributed by atoms with van der Waals surface area (Å²) in [7, 11) is 0. The number of morpholine rings is 1. The highest BCUT2D eigenvalue weighted by molar-refractivity contribution is 5.97. The molecule has 0 radical (unpaired) electrons. The van der Waals surface area contributed by atoms with Gasteiger partial charge in [-0.1, -0.05) is 49.4 Å². The van der Waals surface area contributed by atoms with Gasteiger partial charge in [0.2, 0.25) is 0 Å². The molecule has 0 spiro atoms. The van der Waals surface area contributed by atoms with E-state index in [0.29, 0.717) is 12.5 Å². The maximum Gasteiger partial charge on any atom is 0.162 e. The molecule has 0 N–H and O–H groups in total. The van der Waals surface area contributed by atoms with Gasteiger partial charge in [0.05, 0.1) is 13.2 Å². The van der Waals surface area contributed by atoms with Crippen molar-refractivity contribution in [3.8, 4) is 11.1 Å². The predicted octanol–water partition coefficient (Wildman–Crippen LogP) is 4.34. The third-order valence-electron chi connectivity index (χ3n) is 4.83. The summed E-state index contributed by atoms with van der Waals surface area (Å²) in [5.41, 5.74) is 4.36. The van der Waals surface area contributed by atoms with Crippen LogP contribution >= 0.6 is 0 Å². The number of carbonyl (C=O) groups is 1. The summed E-state index contributed by atoms with van der Waals surface area (Å²) in [6.45, 7) is 7.77. The first kappa shape index (κ1) is 16.9. The summed E-state index contributed by atoms with van der Waals surface area (Å²) in [5, 5.41) is 0. The fraction of sp³-hybridized carbons (Fsp3) is 0.381. The summed E-state index contributed by atoms with van der Waals surface area (Å²) in [6.07, 6.45) is 0.541. The SMILES string of the molecule is CCC(=O)c1cccc(-c2ccc([C@H](C)N3CCOCC3)cc2)c1. The number of ether oxygens (including phenoxy) is 1. The molecule has 1 aliphatic heterocycles. The zero-order valence-electron chi connectivity index (χ0n) is 14.5. The Morgan fingerprint density at radius 2 is 1.79 bits per heavy atom. The maximum absolute atomic E-state index is 11.9. The number of hydrogen-bond donors (Lipinski definition) is 0. The number of rotatable bonds is 5. The van der Waals surface area contributed by atoms with Crippen molar-refractivity contribution in [1.82, 2.24) is 4.90 Å². The van der Waals surface area contributed by atoms with Gasteiger partial charge in [0.25, 0.3) is 0 Å². The van der Waals surface area contributed by atoms with Crippen molar-refractivity contribution in [2.45, 2.75) is 26.3 Å². The fourth-order valence-electron chi connectivity index (χ4n) is 3.21. The fourth-order valence-corrected chi connectivity index (χ4v) is 3.21. The van der Waals surface area contributed by atoms with Crippen LogP contribution in [0.5, 0.6) is 0 Å². The third-order valence-corrected chi connectivity index (χ3v) is 4.83. The molecule has 2 aromatic rings. The van der Waals surface area contributed by atoms with Crippen molar-refractivity contribution >= 4 is 5.78 Å². The van der Waals surface area contributed by atoms with E-state index in [1.807, 2.05) is 25.1 Å². The van der Waals surface area contributed by atoms with Crippen LogP contribution in [0.2, 0.25) is 0 Å². The van der Waals surface area contributed by atoms with Crippen molar-refractivity contribution in [2.75, 3.05) is 26.3 Å². The van der Waals surface area contributed by atoms with Crippen LogP contribution < -0.4 is 0 Å². The second-order valence-electron chi connectivity index (χ2n) is 6.30. The van der Waals surface area contributed by atoms with Gasteiger partial charge in [0, 0.05) is 31.1 Å². The van der Waals surface area contributed by atoms with Crippen molar-refractivity contribution in [2.24, 2.45) is 0 Å². The van der Waals surface area contributed by atoms with Gasteiger partial charge in [-0.05, 0) is 29.7 Å². The molecule has 3 rings (SSSR count). The minimum atomic E-state index is 0.189. The van der Waals surface area contributed by atoms with Gasteiger partial charge >= 0.3 is 0 Å². The van der Waals surface area contributed by atoms with Crippen LogP contribution in [0, 0.1) is 0 Å². The molecule has 3 heteroatoms. The molecule has 1 atom stereocenters. The number of ketones is 1. The van der Waals surface area contributed by atoms with E-state index < -0.39 is 0 Å². The van der Waals surface area contributed by atoms with Gasteiger partial charge in [-0.15, -0.1) is 0 Å².